The van der Waals surface area contributed by atoms with Crippen LogP contribution in [0.4, 0.5) is 0 Å². The van der Waals surface area contributed by atoms with Gasteiger partial charge in [-0.25, -0.2) is 0 Å². The smallest absolute Gasteiger partial charge is 0.246 e. The van der Waals surface area contributed by atoms with Crippen LogP contribution in [-0.2, 0) is 30.4 Å². The quantitative estimate of drug-likeness (QED) is 0.335. The van der Waals surface area contributed by atoms with Gasteiger partial charge in [-0.1, -0.05) is 51.8 Å². The Morgan fingerprint density at radius 3 is 2.41 bits per heavy atom. The molecule has 4 rings (SSSR count). The third-order valence-corrected chi connectivity index (χ3v) is 8.81. The number of Topliss-reactive ketones (excluding diaryl/α,β-unsaturated/α-hetero) is 1. The number of hydrogen-bond acceptors (Lipinski definition) is 6. The van der Waals surface area contributed by atoms with Crippen LogP contribution in [0.15, 0.2) is 30.5 Å². The number of rotatable bonds is 11. The summed E-state index contributed by atoms with van der Waals surface area (Å²) < 4.78 is 1.61. The van der Waals surface area contributed by atoms with Crippen molar-refractivity contribution in [1.82, 2.24) is 25.6 Å². The van der Waals surface area contributed by atoms with Crippen molar-refractivity contribution in [2.45, 2.75) is 109 Å². The van der Waals surface area contributed by atoms with Crippen molar-refractivity contribution in [3.05, 3.63) is 36.0 Å². The molecule has 1 aromatic heterocycles. The van der Waals surface area contributed by atoms with Crippen LogP contribution in [0.25, 0.3) is 10.9 Å². The number of carbonyl (C=O) groups excluding carboxylic acids is 5. The number of ketones is 1. The number of nitrogens with one attached hydrogen (secondary N) is 3. The molecular formula is C33H47N5O6. The molecule has 2 fully saturated rings. The molecule has 3 N–H and O–H groups in total. The topological polar surface area (TPSA) is 139 Å². The Hall–Kier alpha value is -3.89. The fourth-order valence-electron chi connectivity index (χ4n) is 6.21. The maximum Gasteiger partial charge on any atom is 0.246 e. The summed E-state index contributed by atoms with van der Waals surface area (Å²) in [5.41, 5.74) is 1.61. The molecule has 4 amide bonds. The van der Waals surface area contributed by atoms with E-state index in [1.165, 1.54) is 0 Å². The first-order chi connectivity index (χ1) is 21.1. The normalized spacial score (nSPS) is 23.3. The molecule has 11 nitrogen and oxygen atoms in total. The number of para-hydroxylation sites is 1. The molecule has 0 aliphatic carbocycles. The second kappa shape index (κ2) is 15.2. The van der Waals surface area contributed by atoms with E-state index < -0.39 is 36.0 Å². The fraction of sp³-hybridized carbons (Fsp3) is 0.606. The predicted octanol–water partition coefficient (Wildman–Crippen LogP) is 2.68. The molecule has 2 aliphatic rings. The van der Waals surface area contributed by atoms with Gasteiger partial charge in [0.2, 0.25) is 23.6 Å². The van der Waals surface area contributed by atoms with Gasteiger partial charge >= 0.3 is 0 Å². The van der Waals surface area contributed by atoms with Crippen LogP contribution in [-0.4, -0.2) is 76.9 Å². The standard InChI is InChI=1S/C33H47N5O6/c1-5-23(39)13-7-6-8-15-25-30(40)35-26(19-22-20-38(44-4)27-16-10-9-14-24(22)27)31(41)36-29(21(2)3)33(43)37-18-12-11-17-28(37)32(42)34-25/h9-10,14,16,20-21,25-26,28-29H,5-8,11-13,15,17-19H2,1-4H3,(H,34,42)(H,35,40)(H,36,41). The maximum absolute atomic E-state index is 13.9. The van der Waals surface area contributed by atoms with Crippen LogP contribution in [0, 0.1) is 5.92 Å². The van der Waals surface area contributed by atoms with Gasteiger partial charge in [-0.2, -0.15) is 4.73 Å². The molecular weight excluding hydrogens is 562 g/mol. The van der Waals surface area contributed by atoms with E-state index in [1.54, 1.807) is 22.9 Å². The van der Waals surface area contributed by atoms with Crippen LogP contribution in [0.5, 0.6) is 0 Å². The lowest BCUT2D eigenvalue weighted by molar-refractivity contribution is -0.147. The highest BCUT2D eigenvalue weighted by Gasteiger charge is 2.40. The Balaban J connectivity index is 1.65. The molecule has 0 spiro atoms. The highest BCUT2D eigenvalue weighted by Crippen LogP contribution is 2.24. The van der Waals surface area contributed by atoms with E-state index in [0.717, 1.165) is 35.7 Å². The van der Waals surface area contributed by atoms with Gasteiger partial charge in [-0.05, 0) is 49.7 Å². The summed E-state index contributed by atoms with van der Waals surface area (Å²) in [4.78, 5) is 74.1. The highest BCUT2D eigenvalue weighted by molar-refractivity contribution is 5.98. The fourth-order valence-corrected chi connectivity index (χ4v) is 6.21. The molecule has 0 radical (unpaired) electrons. The van der Waals surface area contributed by atoms with E-state index in [9.17, 15) is 24.0 Å². The minimum Gasteiger partial charge on any atom is -0.417 e. The Kier molecular flexibility index (Phi) is 11.4. The number of fused-ring (bicyclic) bond motifs is 2. The molecule has 0 saturated carbocycles. The summed E-state index contributed by atoms with van der Waals surface area (Å²) in [6, 6.07) is 4.17. The second-order valence-corrected chi connectivity index (χ2v) is 12.3. The number of piperidine rings is 1. The number of benzene rings is 1. The van der Waals surface area contributed by atoms with Gasteiger partial charge in [0.25, 0.3) is 0 Å². The largest absolute Gasteiger partial charge is 0.417 e. The molecule has 0 bridgehead atoms. The molecule has 11 heteroatoms. The van der Waals surface area contributed by atoms with Crippen LogP contribution in [0.2, 0.25) is 0 Å². The monoisotopic (exact) mass is 609 g/mol. The average molecular weight is 610 g/mol. The van der Waals surface area contributed by atoms with Crippen molar-refractivity contribution in [3.8, 4) is 0 Å². The zero-order valence-electron chi connectivity index (χ0n) is 26.4. The SMILES string of the molecule is CCC(=O)CCCCCC1NC(=O)C2CCCCN2C(=O)C(C(C)C)NC(=O)C(Cc2cn(OC)c3ccccc23)NC1=O. The Morgan fingerprint density at radius 2 is 1.68 bits per heavy atom. The molecule has 4 atom stereocenters. The third kappa shape index (κ3) is 7.78. The van der Waals surface area contributed by atoms with Crippen molar-refractivity contribution in [3.63, 3.8) is 0 Å². The van der Waals surface area contributed by atoms with Crippen molar-refractivity contribution >= 4 is 40.3 Å². The molecule has 4 unspecified atom stereocenters. The van der Waals surface area contributed by atoms with E-state index in [1.807, 2.05) is 45.0 Å². The second-order valence-electron chi connectivity index (χ2n) is 12.3. The van der Waals surface area contributed by atoms with Crippen LogP contribution in [0.1, 0.15) is 84.1 Å². The summed E-state index contributed by atoms with van der Waals surface area (Å²) in [6.45, 7) is 5.98. The number of carbonyl (C=O) groups is 5. The van der Waals surface area contributed by atoms with Crippen molar-refractivity contribution in [2.24, 2.45) is 5.92 Å². The lowest BCUT2D eigenvalue weighted by Gasteiger charge is -2.39. The summed E-state index contributed by atoms with van der Waals surface area (Å²) in [5, 5.41) is 9.66. The highest BCUT2D eigenvalue weighted by atomic mass is 16.6. The Labute approximate surface area is 259 Å². The Bertz CT molecular complexity index is 1350. The molecule has 2 aliphatic heterocycles. The van der Waals surface area contributed by atoms with Gasteiger partial charge in [0, 0.05) is 37.4 Å². The number of nitrogens with zero attached hydrogens (tertiary/aromatic N) is 2. The van der Waals surface area contributed by atoms with E-state index >= 15 is 0 Å². The number of aromatic nitrogens is 1. The zero-order chi connectivity index (χ0) is 31.8. The predicted molar refractivity (Wildman–Crippen MR) is 167 cm³/mol. The van der Waals surface area contributed by atoms with Crippen molar-refractivity contribution in [2.75, 3.05) is 13.7 Å². The summed E-state index contributed by atoms with van der Waals surface area (Å²) >= 11 is 0. The third-order valence-electron chi connectivity index (χ3n) is 8.81. The minimum atomic E-state index is -1.01. The number of amides is 4. The first-order valence-electron chi connectivity index (χ1n) is 16.0. The lowest BCUT2D eigenvalue weighted by atomic mass is 9.95. The van der Waals surface area contributed by atoms with Gasteiger partial charge in [0.15, 0.2) is 0 Å². The Morgan fingerprint density at radius 1 is 0.955 bits per heavy atom. The molecule has 44 heavy (non-hydrogen) atoms. The van der Waals surface area contributed by atoms with Crippen LogP contribution >= 0.6 is 0 Å². The van der Waals surface area contributed by atoms with Gasteiger partial charge in [-0.15, -0.1) is 0 Å². The van der Waals surface area contributed by atoms with Crippen LogP contribution in [0.3, 0.4) is 0 Å². The molecule has 2 aromatic rings. The van der Waals surface area contributed by atoms with Crippen molar-refractivity contribution in [1.29, 1.82) is 0 Å². The van der Waals surface area contributed by atoms with E-state index in [4.69, 9.17) is 4.84 Å². The van der Waals surface area contributed by atoms with E-state index in [0.29, 0.717) is 45.1 Å². The summed E-state index contributed by atoms with van der Waals surface area (Å²) in [7, 11) is 1.55. The number of unbranched alkanes of at least 4 members (excludes halogenated alkanes) is 2. The zero-order valence-corrected chi connectivity index (χ0v) is 26.4. The number of hydrogen-bond donors (Lipinski definition) is 3. The van der Waals surface area contributed by atoms with Gasteiger partial charge in [0.1, 0.15) is 37.1 Å². The van der Waals surface area contributed by atoms with Gasteiger partial charge < -0.3 is 25.7 Å². The molecule has 3 heterocycles. The van der Waals surface area contributed by atoms with Gasteiger partial charge in [-0.3, -0.25) is 24.0 Å². The van der Waals surface area contributed by atoms with Crippen molar-refractivity contribution < 1.29 is 28.8 Å². The molecule has 2 saturated heterocycles. The first-order valence-corrected chi connectivity index (χ1v) is 16.0. The minimum absolute atomic E-state index is 0.152. The maximum atomic E-state index is 13.9. The molecule has 1 aromatic carbocycles. The van der Waals surface area contributed by atoms with Gasteiger partial charge in [0.05, 0.1) is 5.52 Å². The first kappa shape index (κ1) is 33.0. The summed E-state index contributed by atoms with van der Waals surface area (Å²) in [5.74, 6) is -1.59. The molecule has 240 valence electrons. The average Bonchev–Trinajstić information content (AvgIpc) is 3.38. The summed E-state index contributed by atoms with van der Waals surface area (Å²) in [6.07, 6.45) is 7.41. The van der Waals surface area contributed by atoms with Crippen LogP contribution < -0.4 is 20.8 Å². The lowest BCUT2D eigenvalue weighted by Crippen LogP contribution is -2.64. The van der Waals surface area contributed by atoms with E-state index in [-0.39, 0.29) is 29.9 Å². The van der Waals surface area contributed by atoms with E-state index in [2.05, 4.69) is 16.0 Å².